The van der Waals surface area contributed by atoms with Crippen LogP contribution in [-0.2, 0) is 0 Å². The molecule has 4 nitrogen and oxygen atoms in total. The molecule has 0 saturated heterocycles. The molecule has 120 valence electrons. The van der Waals surface area contributed by atoms with E-state index in [1.54, 1.807) is 24.3 Å². The van der Waals surface area contributed by atoms with Crippen LogP contribution in [0.5, 0.6) is 11.5 Å². The summed E-state index contributed by atoms with van der Waals surface area (Å²) in [5.74, 6) is 1.99. The summed E-state index contributed by atoms with van der Waals surface area (Å²) in [4.78, 5) is 8.10. The van der Waals surface area contributed by atoms with Gasteiger partial charge in [0.15, 0.2) is 11.5 Å². The lowest BCUT2D eigenvalue weighted by atomic mass is 10.0. The zero-order valence-electron chi connectivity index (χ0n) is 13.5. The predicted molar refractivity (Wildman–Crippen MR) is 87.6 cm³/mol. The van der Waals surface area contributed by atoms with E-state index in [1.807, 2.05) is 24.3 Å². The van der Waals surface area contributed by atoms with Crippen LogP contribution in [0.15, 0.2) is 48.5 Å². The van der Waals surface area contributed by atoms with Gasteiger partial charge in [-0.25, -0.2) is 10.5 Å². The van der Waals surface area contributed by atoms with Crippen LogP contribution in [0, 0.1) is 0 Å². The summed E-state index contributed by atoms with van der Waals surface area (Å²) in [5.41, 5.74) is 2.48. The van der Waals surface area contributed by atoms with E-state index in [0.29, 0.717) is 23.3 Å². The maximum atomic E-state index is 8.27. The van der Waals surface area contributed by atoms with Gasteiger partial charge in [0.1, 0.15) is 0 Å². The first-order valence-electron chi connectivity index (χ1n) is 7.30. The van der Waals surface area contributed by atoms with E-state index in [-0.39, 0.29) is 0 Å². The van der Waals surface area contributed by atoms with Crippen LogP contribution in [0.1, 0.15) is 50.7 Å². The molecule has 0 heterocycles. The highest BCUT2D eigenvalue weighted by Crippen LogP contribution is 2.18. The molecule has 0 aliphatic carbocycles. The molecule has 0 spiro atoms. The Bertz CT molecular complexity index is 479. The van der Waals surface area contributed by atoms with E-state index in [4.69, 9.17) is 10.5 Å². The largest absolute Gasteiger partial charge is 0.340 e. The van der Waals surface area contributed by atoms with Crippen LogP contribution >= 0.6 is 0 Å². The van der Waals surface area contributed by atoms with E-state index < -0.39 is 0 Å². The predicted octanol–water partition coefficient (Wildman–Crippen LogP) is 5.32. The zero-order chi connectivity index (χ0) is 16.5. The monoisotopic (exact) mass is 304 g/mol. The van der Waals surface area contributed by atoms with Gasteiger partial charge in [0.2, 0.25) is 0 Å². The molecule has 2 aromatic rings. The van der Waals surface area contributed by atoms with E-state index in [9.17, 15) is 0 Å². The van der Waals surface area contributed by atoms with Crippen molar-refractivity contribution in [3.8, 4) is 11.5 Å². The lowest BCUT2D eigenvalue weighted by Crippen LogP contribution is -1.87. The second kappa shape index (κ2) is 9.07. The molecule has 22 heavy (non-hydrogen) atoms. The number of hydrogen-bond donors (Lipinski definition) is 2. The summed E-state index contributed by atoms with van der Waals surface area (Å²) in [7, 11) is 0. The van der Waals surface area contributed by atoms with Crippen LogP contribution < -0.4 is 9.78 Å². The summed E-state index contributed by atoms with van der Waals surface area (Å²) < 4.78 is 0. The SMILES string of the molecule is CC(C)c1ccc(OO)cc1.CC(C)c1ccc(OO)cc1. The molecule has 0 fully saturated rings. The fraction of sp³-hybridized carbons (Fsp3) is 0.333. The van der Waals surface area contributed by atoms with Crippen LogP contribution in [-0.4, -0.2) is 10.5 Å². The first-order valence-corrected chi connectivity index (χ1v) is 7.30. The molecule has 0 amide bonds. The minimum absolute atomic E-state index is 0.481. The standard InChI is InChI=1S/2C9H12O2/c2*1-7(2)8-3-5-9(11-10)6-4-8/h2*3-7,10H,1-2H3. The van der Waals surface area contributed by atoms with Gasteiger partial charge in [-0.3, -0.25) is 0 Å². The average molecular weight is 304 g/mol. The molecule has 0 aliphatic heterocycles. The van der Waals surface area contributed by atoms with Crippen molar-refractivity contribution in [3.63, 3.8) is 0 Å². The van der Waals surface area contributed by atoms with Gasteiger partial charge >= 0.3 is 0 Å². The van der Waals surface area contributed by atoms with Crippen LogP contribution in [0.4, 0.5) is 0 Å². The molecule has 2 rings (SSSR count). The molecule has 0 radical (unpaired) electrons. The Kier molecular flexibility index (Phi) is 7.43. The van der Waals surface area contributed by atoms with Crippen molar-refractivity contribution in [1.29, 1.82) is 0 Å². The highest BCUT2D eigenvalue weighted by atomic mass is 17.1. The van der Waals surface area contributed by atoms with Gasteiger partial charge in [-0.2, -0.15) is 0 Å². The van der Waals surface area contributed by atoms with E-state index in [2.05, 4.69) is 37.5 Å². The van der Waals surface area contributed by atoms with Crippen molar-refractivity contribution in [2.45, 2.75) is 39.5 Å². The fourth-order valence-electron chi connectivity index (χ4n) is 1.83. The van der Waals surface area contributed by atoms with Crippen molar-refractivity contribution in [1.82, 2.24) is 0 Å². The highest BCUT2D eigenvalue weighted by molar-refractivity contribution is 5.29. The van der Waals surface area contributed by atoms with E-state index >= 15 is 0 Å². The third-order valence-corrected chi connectivity index (χ3v) is 3.30. The van der Waals surface area contributed by atoms with E-state index in [0.717, 1.165) is 0 Å². The van der Waals surface area contributed by atoms with Gasteiger partial charge in [-0.15, -0.1) is 0 Å². The van der Waals surface area contributed by atoms with Crippen LogP contribution in [0.3, 0.4) is 0 Å². The molecule has 2 aromatic carbocycles. The highest BCUT2D eigenvalue weighted by Gasteiger charge is 1.99. The smallest absolute Gasteiger partial charge is 0.165 e. The molecular formula is C18H24O4. The second-order valence-electron chi connectivity index (χ2n) is 5.63. The summed E-state index contributed by atoms with van der Waals surface area (Å²) in [6.45, 7) is 8.48. The minimum Gasteiger partial charge on any atom is -0.340 e. The van der Waals surface area contributed by atoms with Crippen molar-refractivity contribution in [2.24, 2.45) is 0 Å². The molecule has 0 bridgehead atoms. The second-order valence-corrected chi connectivity index (χ2v) is 5.63. The molecule has 4 heteroatoms. The number of rotatable bonds is 4. The lowest BCUT2D eigenvalue weighted by Gasteiger charge is -2.04. The summed E-state index contributed by atoms with van der Waals surface area (Å²) in [6.07, 6.45) is 0. The van der Waals surface area contributed by atoms with Gasteiger partial charge in [-0.05, 0) is 47.2 Å². The summed E-state index contributed by atoms with van der Waals surface area (Å²) >= 11 is 0. The Balaban J connectivity index is 0.000000220. The Morgan fingerprint density at radius 3 is 1.05 bits per heavy atom. The first kappa shape index (κ1) is 18.0. The van der Waals surface area contributed by atoms with Gasteiger partial charge in [0.25, 0.3) is 0 Å². The Morgan fingerprint density at radius 1 is 0.591 bits per heavy atom. The van der Waals surface area contributed by atoms with E-state index in [1.165, 1.54) is 11.1 Å². The molecule has 2 N–H and O–H groups in total. The van der Waals surface area contributed by atoms with Crippen molar-refractivity contribution in [2.75, 3.05) is 0 Å². The van der Waals surface area contributed by atoms with Gasteiger partial charge in [0.05, 0.1) is 0 Å². The topological polar surface area (TPSA) is 58.9 Å². The molecule has 0 atom stereocenters. The maximum absolute atomic E-state index is 8.27. The van der Waals surface area contributed by atoms with Crippen molar-refractivity contribution >= 4 is 0 Å². The third kappa shape index (κ3) is 5.76. The lowest BCUT2D eigenvalue weighted by molar-refractivity contribution is -0.137. The zero-order valence-corrected chi connectivity index (χ0v) is 13.5. The maximum Gasteiger partial charge on any atom is 0.165 e. The van der Waals surface area contributed by atoms with Gasteiger partial charge in [0, 0.05) is 0 Å². The average Bonchev–Trinajstić information content (AvgIpc) is 2.55. The molecule has 0 aliphatic rings. The normalized spacial score (nSPS) is 10.2. The Labute approximate surface area is 131 Å². The quantitative estimate of drug-likeness (QED) is 0.592. The molecule has 0 unspecified atom stereocenters. The molecule has 0 aromatic heterocycles. The fourth-order valence-corrected chi connectivity index (χ4v) is 1.83. The van der Waals surface area contributed by atoms with Crippen molar-refractivity contribution in [3.05, 3.63) is 59.7 Å². The Hall–Kier alpha value is -2.04. The summed E-state index contributed by atoms with van der Waals surface area (Å²) in [5, 5.41) is 16.5. The number of hydrogen-bond acceptors (Lipinski definition) is 4. The Morgan fingerprint density at radius 2 is 0.864 bits per heavy atom. The van der Waals surface area contributed by atoms with Crippen LogP contribution in [0.25, 0.3) is 0 Å². The van der Waals surface area contributed by atoms with Gasteiger partial charge in [-0.1, -0.05) is 52.0 Å². The molecular weight excluding hydrogens is 280 g/mol. The van der Waals surface area contributed by atoms with Crippen LogP contribution in [0.2, 0.25) is 0 Å². The summed E-state index contributed by atoms with van der Waals surface area (Å²) in [6, 6.07) is 14.7. The first-order chi connectivity index (χ1) is 10.5. The minimum atomic E-state index is 0.481. The number of benzene rings is 2. The van der Waals surface area contributed by atoms with Gasteiger partial charge < -0.3 is 9.78 Å². The third-order valence-electron chi connectivity index (χ3n) is 3.30. The molecule has 0 saturated carbocycles. The van der Waals surface area contributed by atoms with Crippen molar-refractivity contribution < 1.29 is 20.3 Å².